The Hall–Kier alpha value is -1.75. The molecule has 0 spiro atoms. The Morgan fingerprint density at radius 3 is 2.76 bits per heavy atom. The number of carbonyl (C=O) groups excluding carboxylic acids is 1. The fourth-order valence-corrected chi connectivity index (χ4v) is 3.56. The van der Waals surface area contributed by atoms with Gasteiger partial charge in [0.1, 0.15) is 12.7 Å². The third kappa shape index (κ3) is 4.46. The Bertz CT molecular complexity index is 583. The SMILES string of the molecule is CCCCN1CC(c2ccc(OC)c(OC3CCCC3)c2)OCC1=O. The zero-order valence-corrected chi connectivity index (χ0v) is 15.3. The average Bonchev–Trinajstić information content (AvgIpc) is 3.14. The zero-order valence-electron chi connectivity index (χ0n) is 15.3. The van der Waals surface area contributed by atoms with Gasteiger partial charge in [-0.2, -0.15) is 0 Å². The highest BCUT2D eigenvalue weighted by Crippen LogP contribution is 2.35. The molecule has 0 radical (unpaired) electrons. The zero-order chi connectivity index (χ0) is 17.6. The van der Waals surface area contributed by atoms with Gasteiger partial charge in [0.2, 0.25) is 5.91 Å². The van der Waals surface area contributed by atoms with Crippen molar-refractivity contribution in [1.29, 1.82) is 0 Å². The first-order chi connectivity index (χ1) is 12.2. The number of benzene rings is 1. The molecular formula is C20H29NO4. The molecule has 1 heterocycles. The fourth-order valence-electron chi connectivity index (χ4n) is 3.56. The molecule has 1 saturated carbocycles. The molecule has 5 heteroatoms. The van der Waals surface area contributed by atoms with Gasteiger partial charge in [-0.05, 0) is 49.8 Å². The summed E-state index contributed by atoms with van der Waals surface area (Å²) in [6, 6.07) is 5.98. The molecule has 1 aromatic carbocycles. The maximum atomic E-state index is 12.0. The molecule has 3 rings (SSSR count). The third-order valence-corrected chi connectivity index (χ3v) is 5.08. The Morgan fingerprint density at radius 2 is 2.04 bits per heavy atom. The van der Waals surface area contributed by atoms with Crippen LogP contribution in [0.15, 0.2) is 18.2 Å². The lowest BCUT2D eigenvalue weighted by molar-refractivity contribution is -0.149. The van der Waals surface area contributed by atoms with Gasteiger partial charge in [-0.15, -0.1) is 0 Å². The first-order valence-electron chi connectivity index (χ1n) is 9.45. The number of amides is 1. The first-order valence-corrected chi connectivity index (χ1v) is 9.45. The lowest BCUT2D eigenvalue weighted by Gasteiger charge is -2.33. The normalized spacial score (nSPS) is 21.6. The van der Waals surface area contributed by atoms with Crippen molar-refractivity contribution in [3.8, 4) is 11.5 Å². The van der Waals surface area contributed by atoms with E-state index in [2.05, 4.69) is 6.92 Å². The highest BCUT2D eigenvalue weighted by molar-refractivity contribution is 5.78. The molecule has 0 N–H and O–H groups in total. The quantitative estimate of drug-likeness (QED) is 0.754. The largest absolute Gasteiger partial charge is 0.493 e. The minimum Gasteiger partial charge on any atom is -0.493 e. The summed E-state index contributed by atoms with van der Waals surface area (Å²) in [5.41, 5.74) is 1.04. The van der Waals surface area contributed by atoms with E-state index in [1.54, 1.807) is 7.11 Å². The van der Waals surface area contributed by atoms with E-state index in [-0.39, 0.29) is 24.7 Å². The minimum absolute atomic E-state index is 0.0839. The average molecular weight is 347 g/mol. The van der Waals surface area contributed by atoms with Crippen LogP contribution in [-0.2, 0) is 9.53 Å². The molecule has 0 bridgehead atoms. The molecule has 25 heavy (non-hydrogen) atoms. The summed E-state index contributed by atoms with van der Waals surface area (Å²) in [6.07, 6.45) is 6.94. The molecule has 0 aromatic heterocycles. The molecule has 1 aromatic rings. The Balaban J connectivity index is 1.73. The second-order valence-corrected chi connectivity index (χ2v) is 6.93. The molecular weight excluding hydrogens is 318 g/mol. The van der Waals surface area contributed by atoms with E-state index in [1.165, 1.54) is 12.8 Å². The van der Waals surface area contributed by atoms with Crippen LogP contribution in [0.3, 0.4) is 0 Å². The number of rotatable bonds is 7. The summed E-state index contributed by atoms with van der Waals surface area (Å²) in [4.78, 5) is 13.9. The maximum Gasteiger partial charge on any atom is 0.248 e. The van der Waals surface area contributed by atoms with Crippen molar-refractivity contribution >= 4 is 5.91 Å². The van der Waals surface area contributed by atoms with Crippen molar-refractivity contribution in [3.63, 3.8) is 0 Å². The van der Waals surface area contributed by atoms with Crippen molar-refractivity contribution in [2.75, 3.05) is 26.8 Å². The molecule has 1 aliphatic carbocycles. The van der Waals surface area contributed by atoms with Crippen LogP contribution in [-0.4, -0.2) is 43.7 Å². The van der Waals surface area contributed by atoms with Crippen molar-refractivity contribution in [1.82, 2.24) is 4.90 Å². The van der Waals surface area contributed by atoms with Crippen LogP contribution < -0.4 is 9.47 Å². The molecule has 1 amide bonds. The van der Waals surface area contributed by atoms with Crippen LogP contribution in [0.2, 0.25) is 0 Å². The van der Waals surface area contributed by atoms with E-state index < -0.39 is 0 Å². The van der Waals surface area contributed by atoms with Crippen molar-refractivity contribution in [2.45, 2.75) is 57.7 Å². The predicted molar refractivity (Wildman–Crippen MR) is 96.1 cm³/mol. The van der Waals surface area contributed by atoms with E-state index in [0.29, 0.717) is 6.54 Å². The van der Waals surface area contributed by atoms with Gasteiger partial charge in [0, 0.05) is 6.54 Å². The van der Waals surface area contributed by atoms with Gasteiger partial charge >= 0.3 is 0 Å². The second-order valence-electron chi connectivity index (χ2n) is 6.93. The monoisotopic (exact) mass is 347 g/mol. The van der Waals surface area contributed by atoms with E-state index in [9.17, 15) is 4.79 Å². The molecule has 138 valence electrons. The van der Waals surface area contributed by atoms with E-state index in [0.717, 1.165) is 49.3 Å². The summed E-state index contributed by atoms with van der Waals surface area (Å²) in [5, 5.41) is 0. The van der Waals surface area contributed by atoms with E-state index >= 15 is 0 Å². The Labute approximate surface area is 150 Å². The maximum absolute atomic E-state index is 12.0. The van der Waals surface area contributed by atoms with Gasteiger partial charge < -0.3 is 19.1 Å². The first kappa shape index (κ1) is 18.1. The highest BCUT2D eigenvalue weighted by Gasteiger charge is 2.28. The number of hydrogen-bond donors (Lipinski definition) is 0. The van der Waals surface area contributed by atoms with Gasteiger partial charge in [-0.3, -0.25) is 4.79 Å². The number of morpholine rings is 1. The number of nitrogens with zero attached hydrogens (tertiary/aromatic N) is 1. The molecule has 1 aliphatic heterocycles. The highest BCUT2D eigenvalue weighted by atomic mass is 16.5. The van der Waals surface area contributed by atoms with Gasteiger partial charge in [0.25, 0.3) is 0 Å². The van der Waals surface area contributed by atoms with E-state index in [4.69, 9.17) is 14.2 Å². The second kappa shape index (κ2) is 8.56. The van der Waals surface area contributed by atoms with Crippen LogP contribution in [0.4, 0.5) is 0 Å². The summed E-state index contributed by atoms with van der Waals surface area (Å²) in [7, 11) is 1.67. The van der Waals surface area contributed by atoms with Crippen LogP contribution in [0.1, 0.15) is 57.1 Å². The minimum atomic E-state index is -0.105. The van der Waals surface area contributed by atoms with Gasteiger partial charge in [-0.25, -0.2) is 0 Å². The van der Waals surface area contributed by atoms with Crippen LogP contribution >= 0.6 is 0 Å². The lowest BCUT2D eigenvalue weighted by Crippen LogP contribution is -2.43. The number of unbranched alkanes of at least 4 members (excludes halogenated alkanes) is 1. The molecule has 2 fully saturated rings. The van der Waals surface area contributed by atoms with E-state index in [1.807, 2.05) is 23.1 Å². The summed E-state index contributed by atoms with van der Waals surface area (Å²) >= 11 is 0. The Kier molecular flexibility index (Phi) is 6.19. The summed E-state index contributed by atoms with van der Waals surface area (Å²) in [6.45, 7) is 3.70. The van der Waals surface area contributed by atoms with Gasteiger partial charge in [0.05, 0.1) is 19.8 Å². The number of carbonyl (C=O) groups is 1. The lowest BCUT2D eigenvalue weighted by atomic mass is 10.1. The molecule has 1 saturated heterocycles. The number of hydrogen-bond acceptors (Lipinski definition) is 4. The fraction of sp³-hybridized carbons (Fsp3) is 0.650. The van der Waals surface area contributed by atoms with Crippen LogP contribution in [0.5, 0.6) is 11.5 Å². The van der Waals surface area contributed by atoms with Crippen molar-refractivity contribution in [3.05, 3.63) is 23.8 Å². The molecule has 1 atom stereocenters. The molecule has 1 unspecified atom stereocenters. The third-order valence-electron chi connectivity index (χ3n) is 5.08. The van der Waals surface area contributed by atoms with Gasteiger partial charge in [-0.1, -0.05) is 19.4 Å². The van der Waals surface area contributed by atoms with Crippen molar-refractivity contribution < 1.29 is 19.0 Å². The summed E-state index contributed by atoms with van der Waals surface area (Å²) < 4.78 is 17.4. The smallest absolute Gasteiger partial charge is 0.248 e. The summed E-state index contributed by atoms with van der Waals surface area (Å²) in [5.74, 6) is 1.62. The Morgan fingerprint density at radius 1 is 1.24 bits per heavy atom. The molecule has 5 nitrogen and oxygen atoms in total. The number of ether oxygens (including phenoxy) is 3. The van der Waals surface area contributed by atoms with Crippen molar-refractivity contribution in [2.24, 2.45) is 0 Å². The number of methoxy groups -OCH3 is 1. The topological polar surface area (TPSA) is 48.0 Å². The van der Waals surface area contributed by atoms with Crippen LogP contribution in [0, 0.1) is 0 Å². The molecule has 2 aliphatic rings. The predicted octanol–water partition coefficient (Wildman–Crippen LogP) is 3.72. The standard InChI is InChI=1S/C20H29NO4/c1-3-4-11-21-13-19(24-14-20(21)22)15-9-10-17(23-2)18(12-15)25-16-7-5-6-8-16/h9-10,12,16,19H,3-8,11,13-14H2,1-2H3. The van der Waals surface area contributed by atoms with Gasteiger partial charge in [0.15, 0.2) is 11.5 Å². The van der Waals surface area contributed by atoms with Crippen LogP contribution in [0.25, 0.3) is 0 Å².